The smallest absolute Gasteiger partial charge is 0.268 e. The van der Waals surface area contributed by atoms with E-state index in [1.54, 1.807) is 0 Å². The minimum Gasteiger partial charge on any atom is -0.382 e. The van der Waals surface area contributed by atoms with Crippen LogP contribution in [0.25, 0.3) is 0 Å². The third-order valence-electron chi connectivity index (χ3n) is 1.46. The van der Waals surface area contributed by atoms with E-state index in [1.807, 2.05) is 0 Å². The van der Waals surface area contributed by atoms with Crippen molar-refractivity contribution >= 4 is 0 Å². The molecule has 1 atom stereocenters. The third kappa shape index (κ3) is 1.76. The van der Waals surface area contributed by atoms with Crippen LogP contribution in [-0.4, -0.2) is 11.5 Å². The Morgan fingerprint density at radius 3 is 2.25 bits per heavy atom. The van der Waals surface area contributed by atoms with E-state index in [-0.39, 0.29) is 5.56 Å². The van der Waals surface area contributed by atoms with Crippen molar-refractivity contribution in [2.75, 3.05) is 0 Å². The molecular weight excluding hydrogens is 169 g/mol. The van der Waals surface area contributed by atoms with E-state index in [0.717, 1.165) is 12.1 Å². The average molecular weight is 176 g/mol. The van der Waals surface area contributed by atoms with Gasteiger partial charge in [0, 0.05) is 5.56 Å². The van der Waals surface area contributed by atoms with Gasteiger partial charge in [0.1, 0.15) is 11.9 Å². The topological polar surface area (TPSA) is 20.2 Å². The zero-order chi connectivity index (χ0) is 9.14. The van der Waals surface area contributed by atoms with Crippen molar-refractivity contribution in [3.8, 4) is 0 Å². The molecule has 4 heteroatoms. The highest BCUT2D eigenvalue weighted by atomic mass is 19.3. The summed E-state index contributed by atoms with van der Waals surface area (Å²) in [5.74, 6) is -0.815. The second-order valence-corrected chi connectivity index (χ2v) is 2.30. The second-order valence-electron chi connectivity index (χ2n) is 2.30. The van der Waals surface area contributed by atoms with Gasteiger partial charge in [0.25, 0.3) is 6.43 Å². The molecule has 66 valence electrons. The molecule has 1 nitrogen and oxygen atoms in total. The Morgan fingerprint density at radius 2 is 1.75 bits per heavy atom. The molecule has 0 aliphatic rings. The maximum absolute atomic E-state index is 12.7. The lowest BCUT2D eigenvalue weighted by Gasteiger charge is -2.09. The molecule has 1 unspecified atom stereocenters. The Morgan fingerprint density at radius 1 is 1.17 bits per heavy atom. The molecule has 0 heterocycles. The molecule has 0 spiro atoms. The predicted octanol–water partition coefficient (Wildman–Crippen LogP) is 2.12. The SMILES string of the molecule is OC(c1ccccc1F)C(F)F. The summed E-state index contributed by atoms with van der Waals surface area (Å²) in [7, 11) is 0. The number of aliphatic hydroxyl groups excluding tert-OH is 1. The van der Waals surface area contributed by atoms with Gasteiger partial charge in [-0.2, -0.15) is 0 Å². The van der Waals surface area contributed by atoms with Gasteiger partial charge in [-0.25, -0.2) is 13.2 Å². The number of halogens is 3. The first-order valence-corrected chi connectivity index (χ1v) is 3.33. The summed E-state index contributed by atoms with van der Waals surface area (Å²) in [5, 5.41) is 8.79. The fourth-order valence-corrected chi connectivity index (χ4v) is 0.851. The van der Waals surface area contributed by atoms with Crippen LogP contribution >= 0.6 is 0 Å². The van der Waals surface area contributed by atoms with Gasteiger partial charge in [0.15, 0.2) is 0 Å². The van der Waals surface area contributed by atoms with Crippen LogP contribution in [0.3, 0.4) is 0 Å². The Bertz CT molecular complexity index is 262. The zero-order valence-electron chi connectivity index (χ0n) is 6.05. The van der Waals surface area contributed by atoms with Crippen molar-refractivity contribution in [1.82, 2.24) is 0 Å². The van der Waals surface area contributed by atoms with Gasteiger partial charge in [-0.1, -0.05) is 18.2 Å². The molecule has 1 aromatic rings. The maximum Gasteiger partial charge on any atom is 0.268 e. The Labute approximate surface area is 67.5 Å². The molecule has 0 bridgehead atoms. The molecule has 0 radical (unpaired) electrons. The van der Waals surface area contributed by atoms with Gasteiger partial charge in [-0.15, -0.1) is 0 Å². The number of benzene rings is 1. The summed E-state index contributed by atoms with van der Waals surface area (Å²) in [6, 6.07) is 4.92. The Balaban J connectivity index is 2.94. The van der Waals surface area contributed by atoms with Gasteiger partial charge in [-0.3, -0.25) is 0 Å². The van der Waals surface area contributed by atoms with E-state index in [0.29, 0.717) is 0 Å². The number of rotatable bonds is 2. The number of aliphatic hydroxyl groups is 1. The lowest BCUT2D eigenvalue weighted by atomic mass is 10.1. The van der Waals surface area contributed by atoms with E-state index < -0.39 is 18.3 Å². The number of alkyl halides is 2. The Hall–Kier alpha value is -1.03. The summed E-state index contributed by atoms with van der Waals surface area (Å²) in [4.78, 5) is 0. The van der Waals surface area contributed by atoms with Crippen molar-refractivity contribution in [2.24, 2.45) is 0 Å². The van der Waals surface area contributed by atoms with E-state index in [9.17, 15) is 13.2 Å². The molecule has 0 fully saturated rings. The van der Waals surface area contributed by atoms with Crippen molar-refractivity contribution in [1.29, 1.82) is 0 Å². The quantitative estimate of drug-likeness (QED) is 0.731. The normalized spacial score (nSPS) is 13.4. The fraction of sp³-hybridized carbons (Fsp3) is 0.250. The lowest BCUT2D eigenvalue weighted by molar-refractivity contribution is -0.00771. The summed E-state index contributed by atoms with van der Waals surface area (Å²) in [6.45, 7) is 0. The highest BCUT2D eigenvalue weighted by molar-refractivity contribution is 5.20. The van der Waals surface area contributed by atoms with Gasteiger partial charge >= 0.3 is 0 Å². The molecule has 0 saturated carbocycles. The lowest BCUT2D eigenvalue weighted by Crippen LogP contribution is -2.09. The summed E-state index contributed by atoms with van der Waals surface area (Å²) in [6.07, 6.45) is -4.99. The van der Waals surface area contributed by atoms with Crippen LogP contribution in [0.1, 0.15) is 11.7 Å². The second kappa shape index (κ2) is 3.58. The summed E-state index contributed by atoms with van der Waals surface area (Å²) in [5.41, 5.74) is -0.368. The summed E-state index contributed by atoms with van der Waals surface area (Å²) < 4.78 is 36.5. The highest BCUT2D eigenvalue weighted by Gasteiger charge is 2.21. The number of hydrogen-bond acceptors (Lipinski definition) is 1. The Kier molecular flexibility index (Phi) is 2.70. The molecule has 1 N–H and O–H groups in total. The van der Waals surface area contributed by atoms with E-state index in [1.165, 1.54) is 12.1 Å². The van der Waals surface area contributed by atoms with Crippen molar-refractivity contribution < 1.29 is 18.3 Å². The minimum absolute atomic E-state index is 0.368. The van der Waals surface area contributed by atoms with Crippen molar-refractivity contribution in [2.45, 2.75) is 12.5 Å². The van der Waals surface area contributed by atoms with Crippen LogP contribution in [0.15, 0.2) is 24.3 Å². The van der Waals surface area contributed by atoms with Gasteiger partial charge < -0.3 is 5.11 Å². The molecule has 0 aromatic heterocycles. The molecule has 0 amide bonds. The van der Waals surface area contributed by atoms with E-state index in [4.69, 9.17) is 5.11 Å². The van der Waals surface area contributed by atoms with Crippen molar-refractivity contribution in [3.63, 3.8) is 0 Å². The average Bonchev–Trinajstić information content (AvgIpc) is 2.04. The first-order valence-electron chi connectivity index (χ1n) is 3.33. The van der Waals surface area contributed by atoms with Gasteiger partial charge in [0.2, 0.25) is 0 Å². The van der Waals surface area contributed by atoms with Gasteiger partial charge in [0.05, 0.1) is 0 Å². The first-order chi connectivity index (χ1) is 5.63. The molecule has 12 heavy (non-hydrogen) atoms. The largest absolute Gasteiger partial charge is 0.382 e. The standard InChI is InChI=1S/C8H7F3O/c9-6-4-2-1-3-5(6)7(12)8(10)11/h1-4,7-8,12H. The van der Waals surface area contributed by atoms with Crippen LogP contribution in [-0.2, 0) is 0 Å². The third-order valence-corrected chi connectivity index (χ3v) is 1.46. The minimum atomic E-state index is -2.96. The van der Waals surface area contributed by atoms with Crippen LogP contribution in [0.2, 0.25) is 0 Å². The van der Waals surface area contributed by atoms with Crippen LogP contribution < -0.4 is 0 Å². The zero-order valence-corrected chi connectivity index (χ0v) is 6.05. The molecule has 0 aliphatic carbocycles. The van der Waals surface area contributed by atoms with E-state index >= 15 is 0 Å². The van der Waals surface area contributed by atoms with E-state index in [2.05, 4.69) is 0 Å². The predicted molar refractivity (Wildman–Crippen MR) is 37.4 cm³/mol. The molecule has 1 aromatic carbocycles. The van der Waals surface area contributed by atoms with Crippen LogP contribution in [0.5, 0.6) is 0 Å². The van der Waals surface area contributed by atoms with Gasteiger partial charge in [-0.05, 0) is 6.07 Å². The van der Waals surface area contributed by atoms with Crippen molar-refractivity contribution in [3.05, 3.63) is 35.6 Å². The monoisotopic (exact) mass is 176 g/mol. The van der Waals surface area contributed by atoms with Crippen LogP contribution in [0, 0.1) is 5.82 Å². The number of hydrogen-bond donors (Lipinski definition) is 1. The summed E-state index contributed by atoms with van der Waals surface area (Å²) >= 11 is 0. The molecule has 1 rings (SSSR count). The maximum atomic E-state index is 12.7. The van der Waals surface area contributed by atoms with Crippen LogP contribution in [0.4, 0.5) is 13.2 Å². The highest BCUT2D eigenvalue weighted by Crippen LogP contribution is 2.22. The molecule has 0 aliphatic heterocycles. The first kappa shape index (κ1) is 9.06. The molecule has 0 saturated heterocycles. The fourth-order valence-electron chi connectivity index (χ4n) is 0.851. The molecular formula is C8H7F3O.